The Labute approximate surface area is 136 Å². The molecule has 0 aromatic carbocycles. The average molecular weight is 350 g/mol. The van der Waals surface area contributed by atoms with Gasteiger partial charge < -0.3 is 0 Å². The van der Waals surface area contributed by atoms with E-state index in [0.717, 1.165) is 31.5 Å². The molecule has 0 aliphatic carbocycles. The summed E-state index contributed by atoms with van der Waals surface area (Å²) >= 11 is 5.57. The number of nitrogens with zero attached hydrogens (tertiary/aromatic N) is 3. The highest BCUT2D eigenvalue weighted by Gasteiger charge is 2.28. The van der Waals surface area contributed by atoms with Crippen molar-refractivity contribution in [1.29, 1.82) is 0 Å². The fourth-order valence-corrected chi connectivity index (χ4v) is 3.85. The van der Waals surface area contributed by atoms with Crippen LogP contribution in [-0.4, -0.2) is 54.5 Å². The van der Waals surface area contributed by atoms with Crippen LogP contribution in [0.3, 0.4) is 0 Å². The van der Waals surface area contributed by atoms with E-state index in [0.29, 0.717) is 6.54 Å². The highest BCUT2D eigenvalue weighted by atomic mass is 35.5. The normalized spacial score (nSPS) is 18.0. The van der Waals surface area contributed by atoms with Gasteiger partial charge in [0.1, 0.15) is 0 Å². The maximum atomic E-state index is 13.4. The van der Waals surface area contributed by atoms with E-state index in [2.05, 4.69) is 9.88 Å². The molecule has 1 saturated heterocycles. The predicted molar refractivity (Wildman–Crippen MR) is 84.7 cm³/mol. The van der Waals surface area contributed by atoms with Crippen LogP contribution in [0.5, 0.6) is 0 Å². The minimum absolute atomic E-state index is 0.0429. The molecule has 0 N–H and O–H groups in total. The first-order valence-electron chi connectivity index (χ1n) is 7.31. The first kappa shape index (κ1) is 17.6. The van der Waals surface area contributed by atoms with Crippen molar-refractivity contribution in [3.05, 3.63) is 28.8 Å². The third-order valence-electron chi connectivity index (χ3n) is 4.13. The molecule has 22 heavy (non-hydrogen) atoms. The molecule has 0 amide bonds. The summed E-state index contributed by atoms with van der Waals surface area (Å²) in [6.45, 7) is 3.80. The first-order valence-corrected chi connectivity index (χ1v) is 9.30. The molecule has 1 aliphatic rings. The largest absolute Gasteiger partial charge is 0.299 e. The van der Waals surface area contributed by atoms with E-state index in [1.165, 1.54) is 10.4 Å². The second kappa shape index (κ2) is 7.21. The summed E-state index contributed by atoms with van der Waals surface area (Å²) in [6.07, 6.45) is 3.13. The van der Waals surface area contributed by atoms with E-state index in [1.54, 1.807) is 20.2 Å². The van der Waals surface area contributed by atoms with Crippen LogP contribution in [0.4, 0.5) is 4.39 Å². The molecular formula is C14H21ClFN3O2S. The van der Waals surface area contributed by atoms with Gasteiger partial charge >= 0.3 is 0 Å². The van der Waals surface area contributed by atoms with Crippen LogP contribution >= 0.6 is 11.6 Å². The van der Waals surface area contributed by atoms with Gasteiger partial charge in [-0.1, -0.05) is 11.6 Å². The second-order valence-corrected chi connectivity index (χ2v) is 8.22. The smallest absolute Gasteiger partial charge is 0.213 e. The third kappa shape index (κ3) is 4.16. The highest BCUT2D eigenvalue weighted by molar-refractivity contribution is 7.89. The summed E-state index contributed by atoms with van der Waals surface area (Å²) in [5.74, 6) is -0.387. The fourth-order valence-electron chi connectivity index (χ4n) is 2.68. The quantitative estimate of drug-likeness (QED) is 0.764. The van der Waals surface area contributed by atoms with Gasteiger partial charge in [0.2, 0.25) is 10.0 Å². The lowest BCUT2D eigenvalue weighted by atomic mass is 10.0. The Kier molecular flexibility index (Phi) is 5.76. The molecule has 0 saturated carbocycles. The van der Waals surface area contributed by atoms with Crippen LogP contribution in [-0.2, 0) is 16.6 Å². The lowest BCUT2D eigenvalue weighted by Crippen LogP contribution is -2.45. The van der Waals surface area contributed by atoms with Crippen molar-refractivity contribution in [1.82, 2.24) is 14.2 Å². The molecule has 124 valence electrons. The molecule has 0 bridgehead atoms. The minimum atomic E-state index is -3.14. The predicted octanol–water partition coefficient (Wildman–Crippen LogP) is 2.12. The lowest BCUT2D eigenvalue weighted by molar-refractivity contribution is 0.163. The molecule has 0 unspecified atom stereocenters. The molecule has 2 rings (SSSR count). The molecule has 0 spiro atoms. The molecule has 5 nitrogen and oxygen atoms in total. The monoisotopic (exact) mass is 349 g/mol. The Bertz CT molecular complexity index is 619. The summed E-state index contributed by atoms with van der Waals surface area (Å²) in [5, 5.41) is -0.117. The van der Waals surface area contributed by atoms with E-state index < -0.39 is 15.8 Å². The molecular weight excluding hydrogens is 329 g/mol. The van der Waals surface area contributed by atoms with Gasteiger partial charge in [-0.15, -0.1) is 0 Å². The van der Waals surface area contributed by atoms with E-state index in [9.17, 15) is 12.8 Å². The summed E-state index contributed by atoms with van der Waals surface area (Å²) in [5.41, 5.74) is 0.773. The van der Waals surface area contributed by atoms with Crippen molar-refractivity contribution in [2.75, 3.05) is 25.9 Å². The van der Waals surface area contributed by atoms with Gasteiger partial charge in [-0.3, -0.25) is 4.90 Å². The SMILES string of the molecule is CCS(=O)(=O)N(C)C1CCN(Cc2cnc(Cl)c(F)c2)CC1. The fraction of sp³-hybridized carbons (Fsp3) is 0.643. The summed E-state index contributed by atoms with van der Waals surface area (Å²) in [4.78, 5) is 5.98. The summed E-state index contributed by atoms with van der Waals surface area (Å²) in [6, 6.07) is 1.44. The Balaban J connectivity index is 1.91. The molecule has 1 fully saturated rings. The van der Waals surface area contributed by atoms with Crippen LogP contribution in [0.15, 0.2) is 12.3 Å². The van der Waals surface area contributed by atoms with Crippen molar-refractivity contribution in [3.63, 3.8) is 0 Å². The lowest BCUT2D eigenvalue weighted by Gasteiger charge is -2.36. The van der Waals surface area contributed by atoms with Crippen LogP contribution < -0.4 is 0 Å². The number of hydrogen-bond donors (Lipinski definition) is 0. The van der Waals surface area contributed by atoms with E-state index in [4.69, 9.17) is 11.6 Å². The number of pyridine rings is 1. The first-order chi connectivity index (χ1) is 10.3. The number of aromatic nitrogens is 1. The van der Waals surface area contributed by atoms with E-state index in [-0.39, 0.29) is 16.9 Å². The molecule has 0 radical (unpaired) electrons. The number of hydrogen-bond acceptors (Lipinski definition) is 4. The van der Waals surface area contributed by atoms with Gasteiger partial charge in [-0.2, -0.15) is 0 Å². The van der Waals surface area contributed by atoms with Gasteiger partial charge in [-0.25, -0.2) is 22.1 Å². The van der Waals surface area contributed by atoms with Gasteiger partial charge in [0, 0.05) is 38.9 Å². The van der Waals surface area contributed by atoms with Gasteiger partial charge in [0.25, 0.3) is 0 Å². The number of likely N-dealkylation sites (tertiary alicyclic amines) is 1. The number of sulfonamides is 1. The molecule has 1 aromatic heterocycles. The zero-order valence-electron chi connectivity index (χ0n) is 12.8. The van der Waals surface area contributed by atoms with Crippen LogP contribution in [0.25, 0.3) is 0 Å². The maximum absolute atomic E-state index is 13.4. The zero-order valence-corrected chi connectivity index (χ0v) is 14.4. The molecule has 8 heteroatoms. The van der Waals surface area contributed by atoms with Crippen LogP contribution in [0.2, 0.25) is 5.15 Å². The van der Waals surface area contributed by atoms with Gasteiger partial charge in [0.05, 0.1) is 5.75 Å². The van der Waals surface area contributed by atoms with Crippen molar-refractivity contribution < 1.29 is 12.8 Å². The average Bonchev–Trinajstić information content (AvgIpc) is 2.51. The van der Waals surface area contributed by atoms with Gasteiger partial charge in [-0.05, 0) is 31.4 Å². The van der Waals surface area contributed by atoms with Gasteiger partial charge in [0.15, 0.2) is 11.0 Å². The molecule has 0 atom stereocenters. The third-order valence-corrected chi connectivity index (χ3v) is 6.32. The van der Waals surface area contributed by atoms with Crippen molar-refractivity contribution >= 4 is 21.6 Å². The standard InChI is InChI=1S/C14H21ClFN3O2S/c1-3-22(20,21)18(2)12-4-6-19(7-5-12)10-11-8-13(16)14(15)17-9-11/h8-9,12H,3-7,10H2,1-2H3. The Hall–Kier alpha value is -0.760. The Morgan fingerprint density at radius 3 is 2.64 bits per heavy atom. The number of rotatable bonds is 5. The second-order valence-electron chi connectivity index (χ2n) is 5.54. The van der Waals surface area contributed by atoms with Crippen molar-refractivity contribution in [2.24, 2.45) is 0 Å². The topological polar surface area (TPSA) is 53.5 Å². The number of halogens is 2. The Morgan fingerprint density at radius 2 is 2.09 bits per heavy atom. The van der Waals surface area contributed by atoms with E-state index in [1.807, 2.05) is 0 Å². The summed E-state index contributed by atoms with van der Waals surface area (Å²) < 4.78 is 38.7. The van der Waals surface area contributed by atoms with E-state index >= 15 is 0 Å². The Morgan fingerprint density at radius 1 is 1.45 bits per heavy atom. The highest BCUT2D eigenvalue weighted by Crippen LogP contribution is 2.20. The number of piperidine rings is 1. The maximum Gasteiger partial charge on any atom is 0.213 e. The minimum Gasteiger partial charge on any atom is -0.299 e. The summed E-state index contributed by atoms with van der Waals surface area (Å²) in [7, 11) is -1.49. The molecule has 1 aromatic rings. The molecule has 2 heterocycles. The van der Waals surface area contributed by atoms with Crippen LogP contribution in [0, 0.1) is 5.82 Å². The zero-order chi connectivity index (χ0) is 16.3. The van der Waals surface area contributed by atoms with Crippen LogP contribution in [0.1, 0.15) is 25.3 Å². The van der Waals surface area contributed by atoms with Crippen molar-refractivity contribution in [3.8, 4) is 0 Å². The van der Waals surface area contributed by atoms with Crippen molar-refractivity contribution in [2.45, 2.75) is 32.4 Å². The molecule has 1 aliphatic heterocycles.